The standard InChI is InChI=1S/C20H23N3S/c1-2-21(15-24)22-11-12-23-19-10-6-4-8-17(19)13-16-7-3-5-9-18(16)20(23)14-22/h3-10,15,20H,2,11-14H2,1H3. The van der Waals surface area contributed by atoms with Crippen LogP contribution >= 0.6 is 12.2 Å². The predicted octanol–water partition coefficient (Wildman–Crippen LogP) is 3.65. The quantitative estimate of drug-likeness (QED) is 0.791. The maximum Gasteiger partial charge on any atom is 0.0790 e. The normalized spacial score (nSPS) is 19.7. The van der Waals surface area contributed by atoms with Crippen LogP contribution in [0.1, 0.15) is 29.7 Å². The van der Waals surface area contributed by atoms with Crippen molar-refractivity contribution < 1.29 is 0 Å². The summed E-state index contributed by atoms with van der Waals surface area (Å²) in [5.74, 6) is 0. The van der Waals surface area contributed by atoms with Crippen molar-refractivity contribution in [1.29, 1.82) is 0 Å². The monoisotopic (exact) mass is 337 g/mol. The summed E-state index contributed by atoms with van der Waals surface area (Å²) in [4.78, 5) is 2.59. The Balaban J connectivity index is 1.78. The van der Waals surface area contributed by atoms with E-state index >= 15 is 0 Å². The Morgan fingerprint density at radius 1 is 1.08 bits per heavy atom. The van der Waals surface area contributed by atoms with Crippen LogP contribution < -0.4 is 4.90 Å². The second kappa shape index (κ2) is 6.54. The molecule has 3 nitrogen and oxygen atoms in total. The van der Waals surface area contributed by atoms with Crippen molar-refractivity contribution in [3.63, 3.8) is 0 Å². The van der Waals surface area contributed by atoms with Gasteiger partial charge in [0.15, 0.2) is 0 Å². The van der Waals surface area contributed by atoms with Crippen LogP contribution in [0.2, 0.25) is 0 Å². The van der Waals surface area contributed by atoms with Crippen LogP contribution in [-0.4, -0.2) is 41.7 Å². The van der Waals surface area contributed by atoms with Gasteiger partial charge in [0.25, 0.3) is 0 Å². The molecule has 4 heteroatoms. The molecule has 0 amide bonds. The van der Waals surface area contributed by atoms with Crippen LogP contribution in [0.25, 0.3) is 0 Å². The molecule has 1 unspecified atom stereocenters. The van der Waals surface area contributed by atoms with Gasteiger partial charge >= 0.3 is 0 Å². The van der Waals surface area contributed by atoms with E-state index in [4.69, 9.17) is 12.2 Å². The molecule has 2 aromatic rings. The lowest BCUT2D eigenvalue weighted by Crippen LogP contribution is -2.54. The average Bonchev–Trinajstić information content (AvgIpc) is 2.77. The summed E-state index contributed by atoms with van der Waals surface area (Å²) >= 11 is 5.21. The minimum atomic E-state index is 0.377. The number of para-hydroxylation sites is 1. The summed E-state index contributed by atoms with van der Waals surface area (Å²) in [6, 6.07) is 18.2. The van der Waals surface area contributed by atoms with Gasteiger partial charge in [0.2, 0.25) is 0 Å². The summed E-state index contributed by atoms with van der Waals surface area (Å²) < 4.78 is 0. The first-order valence-corrected chi connectivity index (χ1v) is 9.18. The number of nitrogens with zero attached hydrogens (tertiary/aromatic N) is 3. The van der Waals surface area contributed by atoms with Gasteiger partial charge in [-0.3, -0.25) is 0 Å². The Morgan fingerprint density at radius 2 is 1.83 bits per heavy atom. The molecule has 2 heterocycles. The van der Waals surface area contributed by atoms with Gasteiger partial charge in [-0.1, -0.05) is 54.7 Å². The lowest BCUT2D eigenvalue weighted by molar-refractivity contribution is 0.0358. The number of piperazine rings is 1. The number of benzene rings is 2. The van der Waals surface area contributed by atoms with E-state index in [1.807, 2.05) is 0 Å². The van der Waals surface area contributed by atoms with Gasteiger partial charge in [-0.2, -0.15) is 0 Å². The fourth-order valence-electron chi connectivity index (χ4n) is 4.06. The summed E-state index contributed by atoms with van der Waals surface area (Å²) in [5, 5.41) is 4.57. The summed E-state index contributed by atoms with van der Waals surface area (Å²) in [6.07, 6.45) is 1.02. The molecule has 1 saturated heterocycles. The second-order valence-corrected chi connectivity index (χ2v) is 6.70. The maximum absolute atomic E-state index is 5.21. The van der Waals surface area contributed by atoms with E-state index in [9.17, 15) is 0 Å². The number of thiocarbonyl (C=S) groups is 1. The van der Waals surface area contributed by atoms with Crippen molar-refractivity contribution in [2.75, 3.05) is 31.1 Å². The highest BCUT2D eigenvalue weighted by atomic mass is 32.1. The molecular weight excluding hydrogens is 314 g/mol. The molecule has 0 N–H and O–H groups in total. The first-order chi connectivity index (χ1) is 11.8. The third kappa shape index (κ3) is 2.60. The molecule has 0 spiro atoms. The molecule has 0 radical (unpaired) electrons. The van der Waals surface area contributed by atoms with Crippen molar-refractivity contribution in [2.24, 2.45) is 0 Å². The molecule has 2 aliphatic heterocycles. The molecule has 2 aromatic carbocycles. The molecule has 124 valence electrons. The molecule has 0 aliphatic carbocycles. The highest BCUT2D eigenvalue weighted by molar-refractivity contribution is 7.78. The zero-order valence-electron chi connectivity index (χ0n) is 14.1. The van der Waals surface area contributed by atoms with Crippen LogP contribution in [0.3, 0.4) is 0 Å². The zero-order valence-corrected chi connectivity index (χ0v) is 14.9. The van der Waals surface area contributed by atoms with E-state index in [1.165, 1.54) is 22.4 Å². The van der Waals surface area contributed by atoms with Gasteiger partial charge in [-0.15, -0.1) is 0 Å². The van der Waals surface area contributed by atoms with Gasteiger partial charge in [0.05, 0.1) is 11.5 Å². The topological polar surface area (TPSA) is 9.72 Å². The first kappa shape index (κ1) is 15.6. The largest absolute Gasteiger partial charge is 0.362 e. The Morgan fingerprint density at radius 3 is 2.62 bits per heavy atom. The van der Waals surface area contributed by atoms with Crippen molar-refractivity contribution in [3.05, 3.63) is 65.2 Å². The van der Waals surface area contributed by atoms with Crippen molar-refractivity contribution in [1.82, 2.24) is 10.0 Å². The number of fused-ring (bicyclic) bond motifs is 5. The van der Waals surface area contributed by atoms with Crippen LogP contribution in [0.5, 0.6) is 0 Å². The van der Waals surface area contributed by atoms with E-state index < -0.39 is 0 Å². The fraction of sp³-hybridized carbons (Fsp3) is 0.350. The van der Waals surface area contributed by atoms with Gasteiger partial charge < -0.3 is 9.91 Å². The Labute approximate surface area is 149 Å². The molecular formula is C20H23N3S. The van der Waals surface area contributed by atoms with Gasteiger partial charge in [0, 0.05) is 31.9 Å². The van der Waals surface area contributed by atoms with Crippen LogP contribution in [0.15, 0.2) is 48.5 Å². The minimum absolute atomic E-state index is 0.377. The smallest absolute Gasteiger partial charge is 0.0790 e. The van der Waals surface area contributed by atoms with Crippen molar-refractivity contribution >= 4 is 23.4 Å². The van der Waals surface area contributed by atoms with E-state index in [1.54, 1.807) is 5.49 Å². The highest BCUT2D eigenvalue weighted by Crippen LogP contribution is 2.39. The van der Waals surface area contributed by atoms with E-state index in [0.29, 0.717) is 6.04 Å². The molecule has 0 saturated carbocycles. The van der Waals surface area contributed by atoms with Crippen LogP contribution in [0.4, 0.5) is 5.69 Å². The van der Waals surface area contributed by atoms with E-state index in [-0.39, 0.29) is 0 Å². The lowest BCUT2D eigenvalue weighted by Gasteiger charge is -2.46. The third-order valence-corrected chi connectivity index (χ3v) is 5.51. The SMILES string of the molecule is CCN(C=S)N1CCN2c3ccccc3Cc3ccccc3C2C1. The van der Waals surface area contributed by atoms with E-state index in [2.05, 4.69) is 70.4 Å². The molecule has 4 rings (SSSR count). The molecule has 2 aliphatic rings. The zero-order chi connectivity index (χ0) is 16.5. The van der Waals surface area contributed by atoms with Crippen LogP contribution in [0, 0.1) is 0 Å². The van der Waals surface area contributed by atoms with Crippen molar-refractivity contribution in [3.8, 4) is 0 Å². The number of hydrazine groups is 1. The highest BCUT2D eigenvalue weighted by Gasteiger charge is 2.34. The Hall–Kier alpha value is -1.91. The number of anilines is 1. The molecule has 1 fully saturated rings. The molecule has 24 heavy (non-hydrogen) atoms. The van der Waals surface area contributed by atoms with Crippen LogP contribution in [-0.2, 0) is 6.42 Å². The third-order valence-electron chi connectivity index (χ3n) is 5.26. The van der Waals surface area contributed by atoms with Gasteiger partial charge in [0.1, 0.15) is 0 Å². The fourth-order valence-corrected chi connectivity index (χ4v) is 4.35. The molecule has 0 bridgehead atoms. The lowest BCUT2D eigenvalue weighted by atomic mass is 9.96. The number of hydrogen-bond donors (Lipinski definition) is 0. The second-order valence-electron chi connectivity index (χ2n) is 6.49. The Bertz CT molecular complexity index is 745. The average molecular weight is 337 g/mol. The molecule has 1 atom stereocenters. The van der Waals surface area contributed by atoms with E-state index in [0.717, 1.165) is 32.6 Å². The number of hydrogen-bond acceptors (Lipinski definition) is 3. The summed E-state index contributed by atoms with van der Waals surface area (Å²) in [6.45, 7) is 6.09. The first-order valence-electron chi connectivity index (χ1n) is 8.71. The summed E-state index contributed by atoms with van der Waals surface area (Å²) in [5.41, 5.74) is 7.52. The molecule has 0 aromatic heterocycles. The van der Waals surface area contributed by atoms with Gasteiger partial charge in [-0.25, -0.2) is 5.01 Å². The maximum atomic E-state index is 5.21. The van der Waals surface area contributed by atoms with Gasteiger partial charge in [-0.05, 0) is 36.1 Å². The van der Waals surface area contributed by atoms with Crippen molar-refractivity contribution in [2.45, 2.75) is 19.4 Å². The predicted molar refractivity (Wildman–Crippen MR) is 103 cm³/mol. The summed E-state index contributed by atoms with van der Waals surface area (Å²) in [7, 11) is 0. The Kier molecular flexibility index (Phi) is 4.25. The minimum Gasteiger partial charge on any atom is -0.362 e. The number of rotatable bonds is 3.